The van der Waals surface area contributed by atoms with Crippen LogP contribution in [0, 0.1) is 5.92 Å². The number of carbonyl (C=O) groups excluding carboxylic acids is 1. The van der Waals surface area contributed by atoms with Gasteiger partial charge in [0.2, 0.25) is 0 Å². The van der Waals surface area contributed by atoms with E-state index in [4.69, 9.17) is 4.74 Å². The van der Waals surface area contributed by atoms with E-state index in [9.17, 15) is 4.79 Å². The molecule has 0 aromatic carbocycles. The van der Waals surface area contributed by atoms with Gasteiger partial charge < -0.3 is 15.0 Å². The van der Waals surface area contributed by atoms with Crippen molar-refractivity contribution in [1.29, 1.82) is 0 Å². The normalized spacial score (nSPS) is 23.0. The summed E-state index contributed by atoms with van der Waals surface area (Å²) in [5.74, 6) is 0.623. The zero-order chi connectivity index (χ0) is 12.8. The van der Waals surface area contributed by atoms with Gasteiger partial charge in [-0.1, -0.05) is 20.8 Å². The molecule has 1 N–H and O–H groups in total. The van der Waals surface area contributed by atoms with Gasteiger partial charge in [0.25, 0.3) is 0 Å². The summed E-state index contributed by atoms with van der Waals surface area (Å²) < 4.78 is 5.11. The molecule has 0 aromatic rings. The van der Waals surface area contributed by atoms with Gasteiger partial charge >= 0.3 is 5.97 Å². The van der Waals surface area contributed by atoms with Crippen LogP contribution in [0.4, 0.5) is 0 Å². The minimum Gasteiger partial charge on any atom is -0.465 e. The van der Waals surface area contributed by atoms with E-state index >= 15 is 0 Å². The lowest BCUT2D eigenvalue weighted by atomic mass is 10.2. The Morgan fingerprint density at radius 1 is 1.53 bits per heavy atom. The summed E-state index contributed by atoms with van der Waals surface area (Å²) in [4.78, 5) is 14.2. The molecule has 1 aliphatic heterocycles. The third-order valence-electron chi connectivity index (χ3n) is 3.05. The summed E-state index contributed by atoms with van der Waals surface area (Å²) in [6.45, 7) is 11.6. The molecule has 1 rings (SSSR count). The predicted octanol–water partition coefficient (Wildman–Crippen LogP) is 1.26. The molecular weight excluding hydrogens is 216 g/mol. The second kappa shape index (κ2) is 6.97. The van der Waals surface area contributed by atoms with Crippen LogP contribution in [0.15, 0.2) is 0 Å². The van der Waals surface area contributed by atoms with Crippen LogP contribution < -0.4 is 5.32 Å². The summed E-state index contributed by atoms with van der Waals surface area (Å²) >= 11 is 0. The highest BCUT2D eigenvalue weighted by atomic mass is 16.5. The van der Waals surface area contributed by atoms with Crippen LogP contribution in [-0.2, 0) is 9.53 Å². The maximum Gasteiger partial charge on any atom is 0.324 e. The van der Waals surface area contributed by atoms with Crippen LogP contribution in [0.25, 0.3) is 0 Å². The van der Waals surface area contributed by atoms with Gasteiger partial charge in [-0.25, -0.2) is 0 Å². The van der Waals surface area contributed by atoms with Crippen LogP contribution in [-0.4, -0.2) is 49.2 Å². The zero-order valence-corrected chi connectivity index (χ0v) is 11.5. The van der Waals surface area contributed by atoms with Crippen LogP contribution >= 0.6 is 0 Å². The Balaban J connectivity index is 2.47. The van der Waals surface area contributed by atoms with Crippen molar-refractivity contribution in [1.82, 2.24) is 10.2 Å². The molecule has 0 spiro atoms. The number of hydrogen-bond acceptors (Lipinski definition) is 4. The fourth-order valence-electron chi connectivity index (χ4n) is 2.29. The monoisotopic (exact) mass is 242 g/mol. The summed E-state index contributed by atoms with van der Waals surface area (Å²) in [7, 11) is 0. The van der Waals surface area contributed by atoms with Crippen molar-refractivity contribution in [2.45, 2.75) is 46.2 Å². The molecule has 2 atom stereocenters. The molecule has 1 aliphatic rings. The number of nitrogens with one attached hydrogen (secondary N) is 1. The van der Waals surface area contributed by atoms with E-state index in [0.717, 1.165) is 25.6 Å². The molecular formula is C13H26N2O2. The molecule has 1 fully saturated rings. The van der Waals surface area contributed by atoms with Gasteiger partial charge in [-0.05, 0) is 25.8 Å². The fourth-order valence-corrected chi connectivity index (χ4v) is 2.29. The van der Waals surface area contributed by atoms with Crippen molar-refractivity contribution in [2.24, 2.45) is 5.92 Å². The number of likely N-dealkylation sites (tertiary alicyclic amines) is 1. The molecule has 0 bridgehead atoms. The minimum atomic E-state index is -0.194. The minimum absolute atomic E-state index is 0.124. The van der Waals surface area contributed by atoms with Crippen LogP contribution in [0.5, 0.6) is 0 Å². The highest BCUT2D eigenvalue weighted by Gasteiger charge is 2.26. The Morgan fingerprint density at radius 2 is 2.24 bits per heavy atom. The lowest BCUT2D eigenvalue weighted by Gasteiger charge is -2.24. The average molecular weight is 242 g/mol. The second-order valence-corrected chi connectivity index (χ2v) is 5.28. The van der Waals surface area contributed by atoms with Crippen molar-refractivity contribution in [2.75, 3.05) is 26.2 Å². The summed E-state index contributed by atoms with van der Waals surface area (Å²) in [5.41, 5.74) is 0. The van der Waals surface area contributed by atoms with Crippen molar-refractivity contribution in [3.05, 3.63) is 0 Å². The highest BCUT2D eigenvalue weighted by molar-refractivity contribution is 5.76. The number of ether oxygens (including phenoxy) is 1. The Kier molecular flexibility index (Phi) is 5.92. The standard InChI is InChI=1S/C13H26N2O2/c1-5-17-13(16)12(14-10(2)3)9-15-7-6-11(4)8-15/h10-12,14H,5-9H2,1-4H3. The SMILES string of the molecule is CCOC(=O)C(CN1CCC(C)C1)NC(C)C. The van der Waals surface area contributed by atoms with E-state index in [1.165, 1.54) is 6.42 Å². The summed E-state index contributed by atoms with van der Waals surface area (Å²) in [6.07, 6.45) is 1.23. The first-order valence-electron chi connectivity index (χ1n) is 6.68. The first-order valence-corrected chi connectivity index (χ1v) is 6.68. The predicted molar refractivity (Wildman–Crippen MR) is 68.9 cm³/mol. The first-order chi connectivity index (χ1) is 8.02. The number of rotatable bonds is 6. The Labute approximate surface area is 105 Å². The molecule has 0 aliphatic carbocycles. The Morgan fingerprint density at radius 3 is 2.71 bits per heavy atom. The molecule has 0 aromatic heterocycles. The molecule has 4 heteroatoms. The van der Waals surface area contributed by atoms with Crippen LogP contribution in [0.2, 0.25) is 0 Å². The molecule has 0 saturated carbocycles. The van der Waals surface area contributed by atoms with Crippen molar-refractivity contribution < 1.29 is 9.53 Å². The largest absolute Gasteiger partial charge is 0.465 e. The average Bonchev–Trinajstić information content (AvgIpc) is 2.63. The lowest BCUT2D eigenvalue weighted by Crippen LogP contribution is -2.48. The lowest BCUT2D eigenvalue weighted by molar-refractivity contribution is -0.146. The Bertz CT molecular complexity index is 244. The van der Waals surface area contributed by atoms with E-state index in [2.05, 4.69) is 31.0 Å². The number of esters is 1. The van der Waals surface area contributed by atoms with Gasteiger partial charge in [-0.3, -0.25) is 4.79 Å². The number of carbonyl (C=O) groups is 1. The van der Waals surface area contributed by atoms with E-state index in [1.807, 2.05) is 6.92 Å². The smallest absolute Gasteiger partial charge is 0.324 e. The molecule has 0 radical (unpaired) electrons. The fraction of sp³-hybridized carbons (Fsp3) is 0.923. The second-order valence-electron chi connectivity index (χ2n) is 5.28. The molecule has 1 saturated heterocycles. The molecule has 1 heterocycles. The van der Waals surface area contributed by atoms with Gasteiger partial charge in [0, 0.05) is 19.1 Å². The van der Waals surface area contributed by atoms with Gasteiger partial charge in [0.1, 0.15) is 6.04 Å². The first kappa shape index (κ1) is 14.5. The maximum absolute atomic E-state index is 11.8. The molecule has 17 heavy (non-hydrogen) atoms. The van der Waals surface area contributed by atoms with Crippen molar-refractivity contribution in [3.63, 3.8) is 0 Å². The van der Waals surface area contributed by atoms with E-state index < -0.39 is 0 Å². The van der Waals surface area contributed by atoms with Crippen LogP contribution in [0.1, 0.15) is 34.1 Å². The van der Waals surface area contributed by atoms with Gasteiger partial charge in [-0.2, -0.15) is 0 Å². The molecule has 0 amide bonds. The van der Waals surface area contributed by atoms with Crippen molar-refractivity contribution >= 4 is 5.97 Å². The van der Waals surface area contributed by atoms with E-state index in [-0.39, 0.29) is 12.0 Å². The third kappa shape index (κ3) is 5.04. The van der Waals surface area contributed by atoms with Gasteiger partial charge in [-0.15, -0.1) is 0 Å². The van der Waals surface area contributed by atoms with E-state index in [1.54, 1.807) is 0 Å². The number of hydrogen-bond donors (Lipinski definition) is 1. The molecule has 100 valence electrons. The summed E-state index contributed by atoms with van der Waals surface area (Å²) in [6, 6.07) is 0.102. The van der Waals surface area contributed by atoms with Crippen LogP contribution in [0.3, 0.4) is 0 Å². The Hall–Kier alpha value is -0.610. The topological polar surface area (TPSA) is 41.6 Å². The van der Waals surface area contributed by atoms with E-state index in [0.29, 0.717) is 12.6 Å². The highest BCUT2D eigenvalue weighted by Crippen LogP contribution is 2.15. The molecule has 4 nitrogen and oxygen atoms in total. The maximum atomic E-state index is 11.8. The van der Waals surface area contributed by atoms with Gasteiger partial charge in [0.05, 0.1) is 6.61 Å². The van der Waals surface area contributed by atoms with Gasteiger partial charge in [0.15, 0.2) is 0 Å². The number of nitrogens with zero attached hydrogens (tertiary/aromatic N) is 1. The quantitative estimate of drug-likeness (QED) is 0.712. The third-order valence-corrected chi connectivity index (χ3v) is 3.05. The molecule has 2 unspecified atom stereocenters. The summed E-state index contributed by atoms with van der Waals surface area (Å²) in [5, 5.41) is 3.29. The zero-order valence-electron chi connectivity index (χ0n) is 11.5. The van der Waals surface area contributed by atoms with Crippen molar-refractivity contribution in [3.8, 4) is 0 Å².